The van der Waals surface area contributed by atoms with Crippen LogP contribution in [0.3, 0.4) is 0 Å². The van der Waals surface area contributed by atoms with Crippen LogP contribution in [0.2, 0.25) is 0 Å². The Hall–Kier alpha value is -0.990. The normalized spacial score (nSPS) is 30.7. The zero-order valence-corrected chi connectivity index (χ0v) is 12.1. The number of aromatic nitrogens is 1. The highest BCUT2D eigenvalue weighted by Gasteiger charge is 2.53. The first-order valence-electron chi connectivity index (χ1n) is 6.15. The second-order valence-corrected chi connectivity index (χ2v) is 7.87. The predicted octanol–water partition coefficient (Wildman–Crippen LogP) is 0.894. The maximum absolute atomic E-state index is 12.3. The highest BCUT2D eigenvalue weighted by molar-refractivity contribution is 7.88. The van der Waals surface area contributed by atoms with Gasteiger partial charge < -0.3 is 5.32 Å². The molecule has 3 atom stereocenters. The Labute approximate surface area is 115 Å². The topological polar surface area (TPSA) is 79.4 Å². The van der Waals surface area contributed by atoms with Crippen molar-refractivity contribution in [3.63, 3.8) is 0 Å². The van der Waals surface area contributed by atoms with Crippen LogP contribution in [0.15, 0.2) is 11.6 Å². The van der Waals surface area contributed by atoms with E-state index < -0.39 is 16.1 Å². The lowest BCUT2D eigenvalue weighted by atomic mass is 9.99. The first kappa shape index (κ1) is 13.0. The van der Waals surface area contributed by atoms with Crippen LogP contribution in [0.25, 0.3) is 0 Å². The fourth-order valence-corrected chi connectivity index (χ4v) is 5.16. The van der Waals surface area contributed by atoms with E-state index in [1.807, 2.05) is 0 Å². The Morgan fingerprint density at radius 3 is 2.95 bits per heavy atom. The Kier molecular flexibility index (Phi) is 3.11. The minimum Gasteiger partial charge on any atom is -0.301 e. The summed E-state index contributed by atoms with van der Waals surface area (Å²) < 4.78 is 25.1. The molecule has 1 aliphatic heterocycles. The van der Waals surface area contributed by atoms with E-state index >= 15 is 0 Å². The smallest absolute Gasteiger partial charge is 0.244 e. The molecule has 1 N–H and O–H groups in total. The van der Waals surface area contributed by atoms with E-state index in [4.69, 9.17) is 0 Å². The Morgan fingerprint density at radius 2 is 2.32 bits per heavy atom. The average molecular weight is 301 g/mol. The number of sulfonamides is 1. The van der Waals surface area contributed by atoms with Crippen LogP contribution < -0.4 is 5.32 Å². The van der Waals surface area contributed by atoms with Crippen LogP contribution in [0.1, 0.15) is 19.3 Å². The summed E-state index contributed by atoms with van der Waals surface area (Å²) in [7, 11) is -3.35. The van der Waals surface area contributed by atoms with Crippen LogP contribution in [-0.2, 0) is 14.8 Å². The molecule has 0 radical (unpaired) electrons. The number of nitrogens with zero attached hydrogens (tertiary/aromatic N) is 2. The van der Waals surface area contributed by atoms with Gasteiger partial charge >= 0.3 is 0 Å². The number of nitrogens with one attached hydrogen (secondary N) is 1. The van der Waals surface area contributed by atoms with E-state index in [2.05, 4.69) is 10.3 Å². The van der Waals surface area contributed by atoms with Crippen molar-refractivity contribution in [2.75, 3.05) is 11.6 Å². The molecule has 1 aromatic rings. The first-order valence-corrected chi connectivity index (χ1v) is 8.88. The number of hydrogen-bond donors (Lipinski definition) is 1. The lowest BCUT2D eigenvalue weighted by Gasteiger charge is -2.31. The number of thiazole rings is 1. The van der Waals surface area contributed by atoms with Crippen LogP contribution in [0.4, 0.5) is 5.13 Å². The molecule has 0 aromatic carbocycles. The van der Waals surface area contributed by atoms with Crippen molar-refractivity contribution in [2.45, 2.75) is 31.3 Å². The fourth-order valence-electron chi connectivity index (χ4n) is 3.22. The lowest BCUT2D eigenvalue weighted by Crippen LogP contribution is -2.50. The van der Waals surface area contributed by atoms with Crippen LogP contribution in [-0.4, -0.2) is 42.0 Å². The molecular formula is C11H15N3O3S2. The minimum absolute atomic E-state index is 0.00737. The zero-order valence-electron chi connectivity index (χ0n) is 10.4. The second kappa shape index (κ2) is 4.53. The Balaban J connectivity index is 1.84. The quantitative estimate of drug-likeness (QED) is 0.899. The van der Waals surface area contributed by atoms with E-state index in [0.717, 1.165) is 19.3 Å². The summed E-state index contributed by atoms with van der Waals surface area (Å²) in [5.41, 5.74) is 0. The summed E-state index contributed by atoms with van der Waals surface area (Å²) in [6.07, 6.45) is 5.36. The number of carbonyl (C=O) groups is 1. The van der Waals surface area contributed by atoms with Gasteiger partial charge in [-0.05, 0) is 25.2 Å². The van der Waals surface area contributed by atoms with E-state index in [9.17, 15) is 13.2 Å². The third-order valence-electron chi connectivity index (χ3n) is 3.84. The molecule has 2 bridgehead atoms. The number of piperidine rings is 1. The molecule has 2 heterocycles. The molecule has 1 saturated carbocycles. The molecule has 2 fully saturated rings. The molecule has 104 valence electrons. The number of amides is 1. The summed E-state index contributed by atoms with van der Waals surface area (Å²) in [5.74, 6) is -0.118. The minimum atomic E-state index is -3.35. The number of hydrogen-bond acceptors (Lipinski definition) is 5. The number of fused-ring (bicyclic) bond motifs is 2. The number of rotatable bonds is 3. The van der Waals surface area contributed by atoms with Gasteiger partial charge in [-0.15, -0.1) is 11.3 Å². The van der Waals surface area contributed by atoms with Crippen LogP contribution >= 0.6 is 11.3 Å². The molecule has 1 amide bonds. The van der Waals surface area contributed by atoms with Gasteiger partial charge in [-0.25, -0.2) is 13.4 Å². The largest absolute Gasteiger partial charge is 0.301 e. The van der Waals surface area contributed by atoms with Gasteiger partial charge in [0.05, 0.1) is 6.26 Å². The highest BCUT2D eigenvalue weighted by Crippen LogP contribution is 2.44. The Bertz CT molecular complexity index is 584. The fraction of sp³-hybridized carbons (Fsp3) is 0.636. The molecule has 8 heteroatoms. The second-order valence-electron chi connectivity index (χ2n) is 5.09. The molecular weight excluding hydrogens is 286 g/mol. The molecule has 0 spiro atoms. The molecule has 19 heavy (non-hydrogen) atoms. The summed E-state index contributed by atoms with van der Waals surface area (Å²) in [5, 5.41) is 5.00. The summed E-state index contributed by atoms with van der Waals surface area (Å²) in [6, 6.07) is -0.579. The number of carbonyl (C=O) groups excluding carboxylic acids is 1. The van der Waals surface area contributed by atoms with Gasteiger partial charge in [0.1, 0.15) is 6.04 Å². The molecule has 1 aliphatic carbocycles. The van der Waals surface area contributed by atoms with Crippen molar-refractivity contribution >= 4 is 32.4 Å². The SMILES string of the molecule is CS(=O)(=O)N1C2CCC(C2)C1C(=O)Nc1nccs1. The standard InChI is InChI=1S/C11H15N3O3S2/c1-19(16,17)14-8-3-2-7(6-8)9(14)10(15)13-11-12-4-5-18-11/h4-5,7-9H,2-3,6H2,1H3,(H,12,13,15). The van der Waals surface area contributed by atoms with E-state index in [1.165, 1.54) is 21.9 Å². The molecule has 3 rings (SSSR count). The summed E-state index contributed by atoms with van der Waals surface area (Å²) in [6.45, 7) is 0. The summed E-state index contributed by atoms with van der Waals surface area (Å²) in [4.78, 5) is 16.3. The van der Waals surface area contributed by atoms with Gasteiger partial charge in [-0.3, -0.25) is 4.79 Å². The van der Waals surface area contributed by atoms with Crippen molar-refractivity contribution in [1.82, 2.24) is 9.29 Å². The van der Waals surface area contributed by atoms with Gasteiger partial charge in [0.25, 0.3) is 0 Å². The molecule has 3 unspecified atom stereocenters. The zero-order chi connectivity index (χ0) is 13.6. The van der Waals surface area contributed by atoms with E-state index in [0.29, 0.717) is 5.13 Å². The number of anilines is 1. The molecule has 6 nitrogen and oxygen atoms in total. The van der Waals surface area contributed by atoms with Gasteiger partial charge in [0.15, 0.2) is 5.13 Å². The maximum Gasteiger partial charge on any atom is 0.244 e. The average Bonchev–Trinajstić information content (AvgIpc) is 3.02. The van der Waals surface area contributed by atoms with Crippen molar-refractivity contribution in [1.29, 1.82) is 0 Å². The van der Waals surface area contributed by atoms with Gasteiger partial charge in [-0.1, -0.05) is 0 Å². The third kappa shape index (κ3) is 2.28. The van der Waals surface area contributed by atoms with Crippen molar-refractivity contribution in [2.24, 2.45) is 5.92 Å². The molecule has 1 saturated heterocycles. The lowest BCUT2D eigenvalue weighted by molar-refractivity contribution is -0.120. The molecule has 1 aromatic heterocycles. The maximum atomic E-state index is 12.3. The van der Waals surface area contributed by atoms with Crippen LogP contribution in [0, 0.1) is 5.92 Å². The predicted molar refractivity (Wildman–Crippen MR) is 72.3 cm³/mol. The van der Waals surface area contributed by atoms with Crippen LogP contribution in [0.5, 0.6) is 0 Å². The Morgan fingerprint density at radius 1 is 1.53 bits per heavy atom. The monoisotopic (exact) mass is 301 g/mol. The van der Waals surface area contributed by atoms with Gasteiger partial charge in [0.2, 0.25) is 15.9 Å². The van der Waals surface area contributed by atoms with Crippen molar-refractivity contribution in [3.8, 4) is 0 Å². The molecule has 2 aliphatic rings. The summed E-state index contributed by atoms with van der Waals surface area (Å²) >= 11 is 1.33. The highest BCUT2D eigenvalue weighted by atomic mass is 32.2. The van der Waals surface area contributed by atoms with E-state index in [1.54, 1.807) is 11.6 Å². The third-order valence-corrected chi connectivity index (χ3v) is 5.82. The van der Waals surface area contributed by atoms with Gasteiger partial charge in [0, 0.05) is 17.6 Å². The van der Waals surface area contributed by atoms with Crippen molar-refractivity contribution in [3.05, 3.63) is 11.6 Å². The van der Waals surface area contributed by atoms with E-state index in [-0.39, 0.29) is 17.9 Å². The van der Waals surface area contributed by atoms with Crippen molar-refractivity contribution < 1.29 is 13.2 Å². The van der Waals surface area contributed by atoms with Gasteiger partial charge in [-0.2, -0.15) is 4.31 Å². The first-order chi connectivity index (χ1) is 8.97.